The van der Waals surface area contributed by atoms with E-state index in [-0.39, 0.29) is 17.6 Å². The van der Waals surface area contributed by atoms with Crippen molar-refractivity contribution in [2.24, 2.45) is 0 Å². The van der Waals surface area contributed by atoms with E-state index in [4.69, 9.17) is 0 Å². The number of nitro groups is 1. The summed E-state index contributed by atoms with van der Waals surface area (Å²) in [6.45, 7) is 3.45. The number of amides is 1. The van der Waals surface area contributed by atoms with Crippen LogP contribution in [0.1, 0.15) is 19.8 Å². The average molecular weight is 263 g/mol. The average Bonchev–Trinajstić information content (AvgIpc) is 2.78. The molecule has 1 heterocycles. The van der Waals surface area contributed by atoms with Crippen LogP contribution in [0.15, 0.2) is 24.3 Å². The van der Waals surface area contributed by atoms with E-state index in [1.165, 1.54) is 12.1 Å². The monoisotopic (exact) mass is 263 g/mol. The number of nitrogens with zero attached hydrogens (tertiary/aromatic N) is 2. The van der Waals surface area contributed by atoms with Gasteiger partial charge in [-0.25, -0.2) is 0 Å². The zero-order valence-corrected chi connectivity index (χ0v) is 10.8. The van der Waals surface area contributed by atoms with Crippen molar-refractivity contribution in [2.75, 3.05) is 18.0 Å². The van der Waals surface area contributed by atoms with Gasteiger partial charge in [0.05, 0.1) is 16.7 Å². The molecule has 1 atom stereocenters. The predicted molar refractivity (Wildman–Crippen MR) is 72.1 cm³/mol. The molecule has 1 aromatic rings. The van der Waals surface area contributed by atoms with Gasteiger partial charge in [0.25, 0.3) is 5.69 Å². The first-order valence-corrected chi connectivity index (χ1v) is 6.42. The molecule has 102 valence electrons. The number of carbonyl (C=O) groups excluding carboxylic acids is 1. The van der Waals surface area contributed by atoms with Gasteiger partial charge in [-0.05, 0) is 25.5 Å². The van der Waals surface area contributed by atoms with Gasteiger partial charge in [-0.1, -0.05) is 13.0 Å². The summed E-state index contributed by atoms with van der Waals surface area (Å²) >= 11 is 0. The van der Waals surface area contributed by atoms with Gasteiger partial charge in [0.15, 0.2) is 0 Å². The van der Waals surface area contributed by atoms with Gasteiger partial charge < -0.3 is 10.2 Å². The molecule has 1 fully saturated rings. The van der Waals surface area contributed by atoms with Crippen LogP contribution in [-0.4, -0.2) is 30.0 Å². The van der Waals surface area contributed by atoms with Gasteiger partial charge in [-0.2, -0.15) is 0 Å². The highest BCUT2D eigenvalue weighted by atomic mass is 16.6. The number of hydrogen-bond acceptors (Lipinski definition) is 4. The SMILES string of the molecule is CCCNC1CCN(c2cccc([N+](=O)[O-])c2)C1=O. The summed E-state index contributed by atoms with van der Waals surface area (Å²) in [5.74, 6) is -0.00560. The van der Waals surface area contributed by atoms with Gasteiger partial charge in [-0.3, -0.25) is 14.9 Å². The Morgan fingerprint density at radius 2 is 2.32 bits per heavy atom. The summed E-state index contributed by atoms with van der Waals surface area (Å²) in [5, 5.41) is 13.9. The van der Waals surface area contributed by atoms with E-state index in [9.17, 15) is 14.9 Å². The fourth-order valence-corrected chi connectivity index (χ4v) is 2.22. The molecule has 0 aromatic heterocycles. The van der Waals surface area contributed by atoms with Crippen molar-refractivity contribution in [3.63, 3.8) is 0 Å². The van der Waals surface area contributed by atoms with E-state index in [0.717, 1.165) is 19.4 Å². The van der Waals surface area contributed by atoms with Gasteiger partial charge in [0.1, 0.15) is 0 Å². The molecule has 1 N–H and O–H groups in total. The Bertz CT molecular complexity index is 490. The molecule has 1 unspecified atom stereocenters. The van der Waals surface area contributed by atoms with E-state index in [1.54, 1.807) is 17.0 Å². The number of nitro benzene ring substituents is 1. The molecule has 6 heteroatoms. The molecule has 0 saturated carbocycles. The minimum absolute atomic E-state index is 0.00560. The minimum atomic E-state index is -0.448. The van der Waals surface area contributed by atoms with E-state index in [2.05, 4.69) is 5.32 Å². The molecule has 6 nitrogen and oxygen atoms in total. The topological polar surface area (TPSA) is 75.5 Å². The van der Waals surface area contributed by atoms with Gasteiger partial charge in [0.2, 0.25) is 5.91 Å². The Labute approximate surface area is 111 Å². The molecule has 1 amide bonds. The third-order valence-electron chi connectivity index (χ3n) is 3.20. The summed E-state index contributed by atoms with van der Waals surface area (Å²) in [6, 6.07) is 6.04. The van der Waals surface area contributed by atoms with Crippen LogP contribution in [0.5, 0.6) is 0 Å². The third kappa shape index (κ3) is 2.90. The number of non-ortho nitro benzene ring substituents is 1. The molecular weight excluding hydrogens is 246 g/mol. The molecule has 0 bridgehead atoms. The van der Waals surface area contributed by atoms with Crippen molar-refractivity contribution in [1.82, 2.24) is 5.32 Å². The molecule has 0 radical (unpaired) electrons. The van der Waals surface area contributed by atoms with Crippen LogP contribution < -0.4 is 10.2 Å². The number of carbonyl (C=O) groups is 1. The summed E-state index contributed by atoms with van der Waals surface area (Å²) in [6.07, 6.45) is 1.71. The van der Waals surface area contributed by atoms with Crippen molar-refractivity contribution >= 4 is 17.3 Å². The minimum Gasteiger partial charge on any atom is -0.311 e. The first-order chi connectivity index (χ1) is 9.13. The largest absolute Gasteiger partial charge is 0.311 e. The Morgan fingerprint density at radius 1 is 1.53 bits per heavy atom. The fraction of sp³-hybridized carbons (Fsp3) is 0.462. The van der Waals surface area contributed by atoms with E-state index in [1.807, 2.05) is 6.92 Å². The zero-order valence-electron chi connectivity index (χ0n) is 10.8. The summed E-state index contributed by atoms with van der Waals surface area (Å²) in [5.41, 5.74) is 0.607. The van der Waals surface area contributed by atoms with Gasteiger partial charge in [-0.15, -0.1) is 0 Å². The smallest absolute Gasteiger partial charge is 0.271 e. The quantitative estimate of drug-likeness (QED) is 0.648. The van der Waals surface area contributed by atoms with Crippen LogP contribution in [0, 0.1) is 10.1 Å². The maximum absolute atomic E-state index is 12.2. The van der Waals surface area contributed by atoms with E-state index in [0.29, 0.717) is 12.2 Å². The number of anilines is 1. The lowest BCUT2D eigenvalue weighted by atomic mass is 10.2. The highest BCUT2D eigenvalue weighted by molar-refractivity contribution is 5.99. The highest BCUT2D eigenvalue weighted by Gasteiger charge is 2.32. The van der Waals surface area contributed by atoms with Crippen molar-refractivity contribution in [1.29, 1.82) is 0 Å². The second kappa shape index (κ2) is 5.79. The Balaban J connectivity index is 2.13. The lowest BCUT2D eigenvalue weighted by molar-refractivity contribution is -0.384. The number of benzene rings is 1. The normalized spacial score (nSPS) is 18.9. The standard InChI is InChI=1S/C13H17N3O3/c1-2-7-14-12-6-8-15(13(12)17)10-4-3-5-11(9-10)16(18)19/h3-5,9,12,14H,2,6-8H2,1H3. The first kappa shape index (κ1) is 13.5. The number of rotatable bonds is 5. The molecule has 1 saturated heterocycles. The third-order valence-corrected chi connectivity index (χ3v) is 3.20. The fourth-order valence-electron chi connectivity index (χ4n) is 2.22. The van der Waals surface area contributed by atoms with Crippen LogP contribution in [-0.2, 0) is 4.79 Å². The molecule has 2 rings (SSSR count). The second-order valence-electron chi connectivity index (χ2n) is 4.56. The van der Waals surface area contributed by atoms with Crippen molar-refractivity contribution in [3.05, 3.63) is 34.4 Å². The van der Waals surface area contributed by atoms with Crippen LogP contribution in [0.4, 0.5) is 11.4 Å². The lowest BCUT2D eigenvalue weighted by Gasteiger charge is -2.17. The van der Waals surface area contributed by atoms with E-state index < -0.39 is 4.92 Å². The molecule has 1 aliphatic heterocycles. The number of hydrogen-bond donors (Lipinski definition) is 1. The summed E-state index contributed by atoms with van der Waals surface area (Å²) in [4.78, 5) is 24.1. The summed E-state index contributed by atoms with van der Waals surface area (Å²) in [7, 11) is 0. The summed E-state index contributed by atoms with van der Waals surface area (Å²) < 4.78 is 0. The predicted octanol–water partition coefficient (Wildman–Crippen LogP) is 1.70. The lowest BCUT2D eigenvalue weighted by Crippen LogP contribution is -2.38. The molecule has 0 spiro atoms. The molecule has 1 aliphatic rings. The maximum atomic E-state index is 12.2. The highest BCUT2D eigenvalue weighted by Crippen LogP contribution is 2.25. The molecular formula is C13H17N3O3. The van der Waals surface area contributed by atoms with Gasteiger partial charge >= 0.3 is 0 Å². The second-order valence-corrected chi connectivity index (χ2v) is 4.56. The molecule has 1 aromatic carbocycles. The van der Waals surface area contributed by atoms with Crippen molar-refractivity contribution in [2.45, 2.75) is 25.8 Å². The molecule has 0 aliphatic carbocycles. The Hall–Kier alpha value is -1.95. The maximum Gasteiger partial charge on any atom is 0.271 e. The van der Waals surface area contributed by atoms with Crippen LogP contribution in [0.25, 0.3) is 0 Å². The van der Waals surface area contributed by atoms with Gasteiger partial charge in [0, 0.05) is 18.7 Å². The van der Waals surface area contributed by atoms with Crippen molar-refractivity contribution < 1.29 is 9.72 Å². The van der Waals surface area contributed by atoms with Crippen LogP contribution >= 0.6 is 0 Å². The number of nitrogens with one attached hydrogen (secondary N) is 1. The van der Waals surface area contributed by atoms with E-state index >= 15 is 0 Å². The van der Waals surface area contributed by atoms with Crippen LogP contribution in [0.2, 0.25) is 0 Å². The zero-order chi connectivity index (χ0) is 13.8. The Morgan fingerprint density at radius 3 is 3.00 bits per heavy atom. The Kier molecular flexibility index (Phi) is 4.11. The van der Waals surface area contributed by atoms with Crippen LogP contribution in [0.3, 0.4) is 0 Å². The molecule has 19 heavy (non-hydrogen) atoms. The van der Waals surface area contributed by atoms with Crippen molar-refractivity contribution in [3.8, 4) is 0 Å². The first-order valence-electron chi connectivity index (χ1n) is 6.42.